The van der Waals surface area contributed by atoms with Crippen LogP contribution in [0.2, 0.25) is 0 Å². The first-order valence-corrected chi connectivity index (χ1v) is 8.31. The SMILES string of the molecule is CC(C)Cc1ccc(C(Cl)CCC2CCCC2)cc1. The second kappa shape index (κ2) is 7.33. The van der Waals surface area contributed by atoms with E-state index in [-0.39, 0.29) is 5.38 Å². The van der Waals surface area contributed by atoms with E-state index in [1.807, 2.05) is 0 Å². The molecule has 0 nitrogen and oxygen atoms in total. The molecule has 1 heteroatoms. The molecule has 1 aromatic carbocycles. The summed E-state index contributed by atoms with van der Waals surface area (Å²) in [6, 6.07) is 8.95. The van der Waals surface area contributed by atoms with Crippen molar-refractivity contribution in [1.29, 1.82) is 0 Å². The van der Waals surface area contributed by atoms with E-state index in [2.05, 4.69) is 38.1 Å². The highest BCUT2D eigenvalue weighted by Gasteiger charge is 2.17. The van der Waals surface area contributed by atoms with Crippen LogP contribution in [0.1, 0.15) is 68.9 Å². The molecule has 1 saturated carbocycles. The first kappa shape index (κ1) is 14.9. The number of hydrogen-bond acceptors (Lipinski definition) is 0. The van der Waals surface area contributed by atoms with Crippen molar-refractivity contribution < 1.29 is 0 Å². The third kappa shape index (κ3) is 4.84. The van der Waals surface area contributed by atoms with Crippen molar-refractivity contribution in [3.05, 3.63) is 35.4 Å². The van der Waals surface area contributed by atoms with Crippen molar-refractivity contribution in [1.82, 2.24) is 0 Å². The van der Waals surface area contributed by atoms with E-state index in [4.69, 9.17) is 11.6 Å². The number of halogens is 1. The van der Waals surface area contributed by atoms with Gasteiger partial charge < -0.3 is 0 Å². The summed E-state index contributed by atoms with van der Waals surface area (Å²) >= 11 is 6.54. The standard InChI is InChI=1S/C18H27Cl/c1-14(2)13-16-7-10-17(11-8-16)18(19)12-9-15-5-3-4-6-15/h7-8,10-11,14-15,18H,3-6,9,12-13H2,1-2H3. The third-order valence-corrected chi connectivity index (χ3v) is 4.76. The monoisotopic (exact) mass is 278 g/mol. The van der Waals surface area contributed by atoms with E-state index in [1.54, 1.807) is 0 Å². The average Bonchev–Trinajstić information content (AvgIpc) is 2.89. The summed E-state index contributed by atoms with van der Waals surface area (Å²) in [5.74, 6) is 1.67. The van der Waals surface area contributed by atoms with Crippen LogP contribution in [-0.4, -0.2) is 0 Å². The van der Waals surface area contributed by atoms with Crippen molar-refractivity contribution in [2.45, 2.75) is 64.2 Å². The minimum absolute atomic E-state index is 0.202. The lowest BCUT2D eigenvalue weighted by Crippen LogP contribution is -1.98. The van der Waals surface area contributed by atoms with Gasteiger partial charge in [0, 0.05) is 0 Å². The fourth-order valence-corrected chi connectivity index (χ4v) is 3.45. The van der Waals surface area contributed by atoms with Gasteiger partial charge in [0.1, 0.15) is 0 Å². The zero-order chi connectivity index (χ0) is 13.7. The van der Waals surface area contributed by atoms with Gasteiger partial charge in [-0.25, -0.2) is 0 Å². The van der Waals surface area contributed by atoms with Gasteiger partial charge >= 0.3 is 0 Å². The second-order valence-corrected chi connectivity index (χ2v) is 7.06. The van der Waals surface area contributed by atoms with E-state index >= 15 is 0 Å². The predicted molar refractivity (Wildman–Crippen MR) is 84.8 cm³/mol. The summed E-state index contributed by atoms with van der Waals surface area (Å²) in [4.78, 5) is 0. The van der Waals surface area contributed by atoms with Crippen molar-refractivity contribution in [3.63, 3.8) is 0 Å². The summed E-state index contributed by atoms with van der Waals surface area (Å²) in [5.41, 5.74) is 2.73. The number of alkyl halides is 1. The molecule has 106 valence electrons. The number of rotatable bonds is 6. The minimum atomic E-state index is 0.202. The maximum absolute atomic E-state index is 6.54. The largest absolute Gasteiger partial charge is 0.118 e. The normalized spacial score (nSPS) is 18.1. The van der Waals surface area contributed by atoms with Crippen LogP contribution >= 0.6 is 11.6 Å². The van der Waals surface area contributed by atoms with Crippen LogP contribution in [-0.2, 0) is 6.42 Å². The molecule has 0 N–H and O–H groups in total. The fourth-order valence-electron chi connectivity index (χ4n) is 3.18. The Morgan fingerprint density at radius 2 is 1.74 bits per heavy atom. The van der Waals surface area contributed by atoms with E-state index in [9.17, 15) is 0 Å². The molecule has 0 spiro atoms. The Balaban J connectivity index is 1.82. The van der Waals surface area contributed by atoms with Gasteiger partial charge in [0.15, 0.2) is 0 Å². The van der Waals surface area contributed by atoms with E-state index in [0.717, 1.165) is 24.7 Å². The van der Waals surface area contributed by atoms with Crippen LogP contribution in [0, 0.1) is 11.8 Å². The summed E-state index contributed by atoms with van der Waals surface area (Å²) in [5, 5.41) is 0.202. The van der Waals surface area contributed by atoms with Crippen molar-refractivity contribution in [2.24, 2.45) is 11.8 Å². The topological polar surface area (TPSA) is 0 Å². The molecule has 1 unspecified atom stereocenters. The molecule has 1 aliphatic rings. The van der Waals surface area contributed by atoms with Crippen molar-refractivity contribution in [2.75, 3.05) is 0 Å². The molecule has 0 saturated heterocycles. The summed E-state index contributed by atoms with van der Waals surface area (Å²) in [6.07, 6.45) is 9.32. The summed E-state index contributed by atoms with van der Waals surface area (Å²) < 4.78 is 0. The van der Waals surface area contributed by atoms with Gasteiger partial charge in [-0.3, -0.25) is 0 Å². The molecule has 0 radical (unpaired) electrons. The molecular formula is C18H27Cl. The minimum Gasteiger partial charge on any atom is -0.118 e. The Morgan fingerprint density at radius 1 is 1.11 bits per heavy atom. The van der Waals surface area contributed by atoms with Crippen LogP contribution in [0.3, 0.4) is 0 Å². The maximum Gasteiger partial charge on any atom is 0.0585 e. The first-order valence-electron chi connectivity index (χ1n) is 7.88. The molecule has 0 bridgehead atoms. The molecule has 1 atom stereocenters. The van der Waals surface area contributed by atoms with E-state index in [0.29, 0.717) is 0 Å². The Labute approximate surface area is 123 Å². The fraction of sp³-hybridized carbons (Fsp3) is 0.667. The lowest BCUT2D eigenvalue weighted by molar-refractivity contribution is 0.480. The Morgan fingerprint density at radius 3 is 2.32 bits per heavy atom. The zero-order valence-corrected chi connectivity index (χ0v) is 13.1. The van der Waals surface area contributed by atoms with E-state index < -0.39 is 0 Å². The number of benzene rings is 1. The summed E-state index contributed by atoms with van der Waals surface area (Å²) in [7, 11) is 0. The zero-order valence-electron chi connectivity index (χ0n) is 12.4. The predicted octanol–water partition coefficient (Wildman–Crippen LogP) is 6.14. The Bertz CT molecular complexity index is 360. The summed E-state index contributed by atoms with van der Waals surface area (Å²) in [6.45, 7) is 4.53. The van der Waals surface area contributed by atoms with Crippen LogP contribution < -0.4 is 0 Å². The highest BCUT2D eigenvalue weighted by molar-refractivity contribution is 6.20. The molecular weight excluding hydrogens is 252 g/mol. The first-order chi connectivity index (χ1) is 9.15. The molecule has 19 heavy (non-hydrogen) atoms. The molecule has 1 aromatic rings. The smallest absolute Gasteiger partial charge is 0.0585 e. The van der Waals surface area contributed by atoms with Crippen molar-refractivity contribution >= 4 is 11.6 Å². The molecule has 0 aliphatic heterocycles. The lowest BCUT2D eigenvalue weighted by atomic mass is 9.96. The third-order valence-electron chi connectivity index (χ3n) is 4.29. The molecule has 0 amide bonds. The second-order valence-electron chi connectivity index (χ2n) is 6.53. The van der Waals surface area contributed by atoms with Crippen LogP contribution in [0.25, 0.3) is 0 Å². The van der Waals surface area contributed by atoms with Gasteiger partial charge in [-0.05, 0) is 42.2 Å². The van der Waals surface area contributed by atoms with Gasteiger partial charge in [0.25, 0.3) is 0 Å². The highest BCUT2D eigenvalue weighted by atomic mass is 35.5. The molecule has 1 fully saturated rings. The van der Waals surface area contributed by atoms with Gasteiger partial charge in [-0.2, -0.15) is 0 Å². The van der Waals surface area contributed by atoms with Gasteiger partial charge in [-0.1, -0.05) is 63.8 Å². The number of hydrogen-bond donors (Lipinski definition) is 0. The molecule has 2 rings (SSSR count). The Kier molecular flexibility index (Phi) is 5.76. The van der Waals surface area contributed by atoms with E-state index in [1.165, 1.54) is 43.2 Å². The quantitative estimate of drug-likeness (QED) is 0.549. The molecule has 1 aliphatic carbocycles. The maximum atomic E-state index is 6.54. The highest BCUT2D eigenvalue weighted by Crippen LogP contribution is 2.33. The van der Waals surface area contributed by atoms with Crippen molar-refractivity contribution in [3.8, 4) is 0 Å². The van der Waals surface area contributed by atoms with Gasteiger partial charge in [0.2, 0.25) is 0 Å². The van der Waals surface area contributed by atoms with Gasteiger partial charge in [-0.15, -0.1) is 11.6 Å². The van der Waals surface area contributed by atoms with Gasteiger partial charge in [0.05, 0.1) is 5.38 Å². The molecule has 0 aromatic heterocycles. The molecule has 0 heterocycles. The van der Waals surface area contributed by atoms with Crippen LogP contribution in [0.15, 0.2) is 24.3 Å². The average molecular weight is 279 g/mol. The van der Waals surface area contributed by atoms with Crippen LogP contribution in [0.4, 0.5) is 0 Å². The Hall–Kier alpha value is -0.490. The van der Waals surface area contributed by atoms with Crippen LogP contribution in [0.5, 0.6) is 0 Å². The lowest BCUT2D eigenvalue weighted by Gasteiger charge is -2.14.